The van der Waals surface area contributed by atoms with E-state index in [1.165, 1.54) is 0 Å². The summed E-state index contributed by atoms with van der Waals surface area (Å²) in [4.78, 5) is 12.0. The minimum Gasteiger partial charge on any atom is -0.461 e. The minimum atomic E-state index is -0.410. The van der Waals surface area contributed by atoms with Crippen LogP contribution in [-0.2, 0) is 4.74 Å². The Bertz CT molecular complexity index is 605. The van der Waals surface area contributed by atoms with Crippen molar-refractivity contribution in [3.05, 3.63) is 47.3 Å². The highest BCUT2D eigenvalue weighted by Crippen LogP contribution is 2.25. The molecule has 5 nitrogen and oxygen atoms in total. The summed E-state index contributed by atoms with van der Waals surface area (Å²) in [6, 6.07) is 10.1. The molecule has 1 unspecified atom stereocenters. The van der Waals surface area contributed by atoms with Crippen molar-refractivity contribution in [1.29, 1.82) is 0 Å². The Morgan fingerprint density at radius 3 is 2.48 bits per heavy atom. The second-order valence-electron chi connectivity index (χ2n) is 5.23. The first-order valence-corrected chi connectivity index (χ1v) is 7.23. The van der Waals surface area contributed by atoms with E-state index in [1.807, 2.05) is 55.8 Å². The third-order valence-electron chi connectivity index (χ3n) is 3.40. The van der Waals surface area contributed by atoms with E-state index < -0.39 is 5.97 Å². The van der Waals surface area contributed by atoms with Gasteiger partial charge < -0.3 is 4.74 Å². The zero-order valence-electron chi connectivity index (χ0n) is 12.9. The van der Waals surface area contributed by atoms with E-state index in [9.17, 15) is 4.79 Å². The van der Waals surface area contributed by atoms with E-state index in [1.54, 1.807) is 6.92 Å². The van der Waals surface area contributed by atoms with Crippen LogP contribution in [-0.4, -0.2) is 27.6 Å². The van der Waals surface area contributed by atoms with E-state index >= 15 is 0 Å². The number of carbonyl (C=O) groups excluding carboxylic acids is 1. The Morgan fingerprint density at radius 2 is 1.90 bits per heavy atom. The van der Waals surface area contributed by atoms with Gasteiger partial charge in [-0.3, -0.25) is 0 Å². The van der Waals surface area contributed by atoms with Gasteiger partial charge in [-0.15, -0.1) is 5.10 Å². The molecule has 2 rings (SSSR count). The van der Waals surface area contributed by atoms with Crippen molar-refractivity contribution < 1.29 is 9.53 Å². The number of carbonyl (C=O) groups is 1. The lowest BCUT2D eigenvalue weighted by Gasteiger charge is -2.17. The van der Waals surface area contributed by atoms with Gasteiger partial charge in [0, 0.05) is 0 Å². The van der Waals surface area contributed by atoms with Crippen molar-refractivity contribution in [3.63, 3.8) is 0 Å². The SMILES string of the molecule is CCOC(=O)c1nnn(C(C)c2ccccc2)c1C(C)C. The van der Waals surface area contributed by atoms with Crippen LogP contribution >= 0.6 is 0 Å². The molecule has 0 saturated carbocycles. The maximum Gasteiger partial charge on any atom is 0.360 e. The van der Waals surface area contributed by atoms with Crippen LogP contribution in [0.3, 0.4) is 0 Å². The van der Waals surface area contributed by atoms with Crippen LogP contribution in [0.25, 0.3) is 0 Å². The summed E-state index contributed by atoms with van der Waals surface area (Å²) in [5, 5.41) is 8.22. The minimum absolute atomic E-state index is 0.0132. The summed E-state index contributed by atoms with van der Waals surface area (Å²) >= 11 is 0. The molecule has 0 spiro atoms. The second-order valence-corrected chi connectivity index (χ2v) is 5.23. The monoisotopic (exact) mass is 287 g/mol. The maximum absolute atomic E-state index is 12.0. The van der Waals surface area contributed by atoms with Gasteiger partial charge in [-0.25, -0.2) is 9.48 Å². The fraction of sp³-hybridized carbons (Fsp3) is 0.438. The third-order valence-corrected chi connectivity index (χ3v) is 3.40. The van der Waals surface area contributed by atoms with E-state index in [0.29, 0.717) is 12.3 Å². The first-order chi connectivity index (χ1) is 10.1. The topological polar surface area (TPSA) is 57.0 Å². The number of hydrogen-bond acceptors (Lipinski definition) is 4. The quantitative estimate of drug-likeness (QED) is 0.792. The standard InChI is InChI=1S/C16H21N3O2/c1-5-21-16(20)14-15(11(2)3)19(18-17-14)12(4)13-9-7-6-8-10-13/h6-12H,5H2,1-4H3. The van der Waals surface area contributed by atoms with Crippen molar-refractivity contribution in [1.82, 2.24) is 15.0 Å². The Labute approximate surface area is 124 Å². The zero-order chi connectivity index (χ0) is 15.4. The average Bonchev–Trinajstić information content (AvgIpc) is 2.92. The van der Waals surface area contributed by atoms with Crippen molar-refractivity contribution in [2.45, 2.75) is 39.7 Å². The molecule has 0 saturated heterocycles. The van der Waals surface area contributed by atoms with E-state index in [0.717, 1.165) is 11.3 Å². The molecule has 0 aliphatic rings. The Balaban J connectivity index is 2.43. The van der Waals surface area contributed by atoms with E-state index in [-0.39, 0.29) is 12.0 Å². The fourth-order valence-electron chi connectivity index (χ4n) is 2.34. The number of nitrogens with zero attached hydrogens (tertiary/aromatic N) is 3. The Kier molecular flexibility index (Phi) is 4.73. The lowest BCUT2D eigenvalue weighted by atomic mass is 10.0. The smallest absolute Gasteiger partial charge is 0.360 e. The summed E-state index contributed by atoms with van der Waals surface area (Å²) < 4.78 is 6.87. The van der Waals surface area contributed by atoms with Crippen LogP contribution in [0.1, 0.15) is 61.4 Å². The zero-order valence-corrected chi connectivity index (χ0v) is 12.9. The first-order valence-electron chi connectivity index (χ1n) is 7.23. The van der Waals surface area contributed by atoms with Gasteiger partial charge in [0.2, 0.25) is 0 Å². The number of aromatic nitrogens is 3. The van der Waals surface area contributed by atoms with Crippen molar-refractivity contribution in [2.24, 2.45) is 0 Å². The molecule has 0 bridgehead atoms. The largest absolute Gasteiger partial charge is 0.461 e. The highest BCUT2D eigenvalue weighted by Gasteiger charge is 2.25. The predicted molar refractivity (Wildman–Crippen MR) is 80.3 cm³/mol. The Hall–Kier alpha value is -2.17. The molecule has 5 heteroatoms. The van der Waals surface area contributed by atoms with E-state index in [4.69, 9.17) is 4.74 Å². The van der Waals surface area contributed by atoms with Gasteiger partial charge in [-0.1, -0.05) is 49.4 Å². The molecule has 21 heavy (non-hydrogen) atoms. The molecule has 1 aromatic carbocycles. The Morgan fingerprint density at radius 1 is 1.24 bits per heavy atom. The van der Waals surface area contributed by atoms with Gasteiger partial charge in [0.15, 0.2) is 5.69 Å². The normalized spacial score (nSPS) is 12.4. The molecule has 1 heterocycles. The molecule has 0 fully saturated rings. The summed E-state index contributed by atoms with van der Waals surface area (Å²) in [6.07, 6.45) is 0. The lowest BCUT2D eigenvalue weighted by molar-refractivity contribution is 0.0517. The average molecular weight is 287 g/mol. The number of ether oxygens (including phenoxy) is 1. The van der Waals surface area contributed by atoms with Gasteiger partial charge in [0.1, 0.15) is 0 Å². The molecule has 2 aromatic rings. The second kappa shape index (κ2) is 6.52. The lowest BCUT2D eigenvalue weighted by Crippen LogP contribution is -2.15. The molecule has 112 valence electrons. The molecule has 1 atom stereocenters. The third kappa shape index (κ3) is 3.12. The predicted octanol–water partition coefficient (Wildman–Crippen LogP) is 3.19. The van der Waals surface area contributed by atoms with Gasteiger partial charge >= 0.3 is 5.97 Å². The number of hydrogen-bond donors (Lipinski definition) is 0. The summed E-state index contributed by atoms with van der Waals surface area (Å²) in [6.45, 7) is 8.21. The fourth-order valence-corrected chi connectivity index (χ4v) is 2.34. The summed E-state index contributed by atoms with van der Waals surface area (Å²) in [7, 11) is 0. The molecule has 0 aliphatic carbocycles. The van der Waals surface area contributed by atoms with Crippen LogP contribution in [0.2, 0.25) is 0 Å². The van der Waals surface area contributed by atoms with Crippen molar-refractivity contribution in [3.8, 4) is 0 Å². The van der Waals surface area contributed by atoms with Gasteiger partial charge in [-0.05, 0) is 25.3 Å². The van der Waals surface area contributed by atoms with Crippen molar-refractivity contribution in [2.75, 3.05) is 6.61 Å². The molecular formula is C16H21N3O2. The van der Waals surface area contributed by atoms with Crippen LogP contribution in [0.4, 0.5) is 0 Å². The van der Waals surface area contributed by atoms with Crippen molar-refractivity contribution >= 4 is 5.97 Å². The van der Waals surface area contributed by atoms with Crippen LogP contribution in [0.15, 0.2) is 30.3 Å². The molecule has 0 aliphatic heterocycles. The number of esters is 1. The highest BCUT2D eigenvalue weighted by molar-refractivity contribution is 5.88. The van der Waals surface area contributed by atoms with Crippen LogP contribution in [0.5, 0.6) is 0 Å². The number of rotatable bonds is 5. The first kappa shape index (κ1) is 15.2. The molecule has 0 N–H and O–H groups in total. The maximum atomic E-state index is 12.0. The molecule has 0 amide bonds. The van der Waals surface area contributed by atoms with Gasteiger partial charge in [-0.2, -0.15) is 0 Å². The van der Waals surface area contributed by atoms with Gasteiger partial charge in [0.05, 0.1) is 18.3 Å². The van der Waals surface area contributed by atoms with Gasteiger partial charge in [0.25, 0.3) is 0 Å². The molecule has 1 aromatic heterocycles. The summed E-state index contributed by atoms with van der Waals surface area (Å²) in [5.41, 5.74) is 2.25. The highest BCUT2D eigenvalue weighted by atomic mass is 16.5. The molecule has 0 radical (unpaired) electrons. The molecular weight excluding hydrogens is 266 g/mol. The van der Waals surface area contributed by atoms with Crippen LogP contribution < -0.4 is 0 Å². The number of benzene rings is 1. The van der Waals surface area contributed by atoms with Crippen LogP contribution in [0, 0.1) is 0 Å². The van der Waals surface area contributed by atoms with E-state index in [2.05, 4.69) is 10.3 Å². The summed E-state index contributed by atoms with van der Waals surface area (Å²) in [5.74, 6) is -0.279.